The van der Waals surface area contributed by atoms with Crippen molar-refractivity contribution in [2.45, 2.75) is 27.2 Å². The van der Waals surface area contributed by atoms with Crippen molar-refractivity contribution < 1.29 is 9.21 Å². The predicted molar refractivity (Wildman–Crippen MR) is 97.5 cm³/mol. The van der Waals surface area contributed by atoms with Gasteiger partial charge in [-0.25, -0.2) is 4.98 Å². The lowest BCUT2D eigenvalue weighted by molar-refractivity contribution is -0.118. The number of likely N-dealkylation sites (N-methyl/N-ethyl adjacent to an activating group) is 1. The zero-order valence-electron chi connectivity index (χ0n) is 14.1. The summed E-state index contributed by atoms with van der Waals surface area (Å²) in [6, 6.07) is 11.8. The highest BCUT2D eigenvalue weighted by Crippen LogP contribution is 2.26. The van der Waals surface area contributed by atoms with Crippen LogP contribution in [0.25, 0.3) is 10.8 Å². The molecule has 0 spiro atoms. The molecule has 0 atom stereocenters. The number of hydrogen-bond donors (Lipinski definition) is 0. The molecule has 0 radical (unpaired) electrons. The maximum Gasteiger partial charge on any atom is 0.233 e. The van der Waals surface area contributed by atoms with Crippen LogP contribution in [0.2, 0.25) is 0 Å². The second kappa shape index (κ2) is 7.01. The molecule has 2 aromatic heterocycles. The molecule has 0 fully saturated rings. The first-order valence-corrected chi connectivity index (χ1v) is 8.83. The summed E-state index contributed by atoms with van der Waals surface area (Å²) in [7, 11) is 0. The second-order valence-electron chi connectivity index (χ2n) is 5.66. The van der Waals surface area contributed by atoms with Crippen molar-refractivity contribution in [3.8, 4) is 10.8 Å². The highest BCUT2D eigenvalue weighted by molar-refractivity contribution is 7.13. The first-order valence-electron chi connectivity index (χ1n) is 7.95. The van der Waals surface area contributed by atoms with E-state index in [9.17, 15) is 4.79 Å². The summed E-state index contributed by atoms with van der Waals surface area (Å²) in [5, 5.41) is 2.74. The van der Waals surface area contributed by atoms with E-state index < -0.39 is 0 Å². The van der Waals surface area contributed by atoms with Crippen molar-refractivity contribution in [2.75, 3.05) is 11.4 Å². The van der Waals surface area contributed by atoms with Gasteiger partial charge in [-0.05, 0) is 44.5 Å². The molecule has 0 unspecified atom stereocenters. The lowest BCUT2D eigenvalue weighted by atomic mass is 10.1. The fourth-order valence-electron chi connectivity index (χ4n) is 2.65. The summed E-state index contributed by atoms with van der Waals surface area (Å²) in [5.41, 5.74) is 2.83. The molecule has 0 N–H and O–H groups in total. The van der Waals surface area contributed by atoms with E-state index in [1.807, 2.05) is 67.4 Å². The number of amides is 1. The van der Waals surface area contributed by atoms with Crippen molar-refractivity contribution in [1.82, 2.24) is 4.98 Å². The third kappa shape index (κ3) is 3.41. The SMILES string of the molecule is CCN(C(=O)Cc1csc(-c2ccc(C)o2)n1)c1ccccc1C. The molecule has 0 aliphatic carbocycles. The summed E-state index contributed by atoms with van der Waals surface area (Å²) < 4.78 is 5.59. The van der Waals surface area contributed by atoms with Crippen molar-refractivity contribution in [3.63, 3.8) is 0 Å². The minimum Gasteiger partial charge on any atom is -0.459 e. The lowest BCUT2D eigenvalue weighted by Gasteiger charge is -2.22. The van der Waals surface area contributed by atoms with Gasteiger partial charge in [-0.1, -0.05) is 18.2 Å². The van der Waals surface area contributed by atoms with Gasteiger partial charge in [0.25, 0.3) is 0 Å². The Hall–Kier alpha value is -2.40. The van der Waals surface area contributed by atoms with E-state index in [2.05, 4.69) is 4.98 Å². The zero-order chi connectivity index (χ0) is 17.1. The summed E-state index contributed by atoms with van der Waals surface area (Å²) >= 11 is 1.50. The van der Waals surface area contributed by atoms with E-state index in [4.69, 9.17) is 4.42 Å². The molecule has 4 nitrogen and oxygen atoms in total. The fraction of sp³-hybridized carbons (Fsp3) is 0.263. The number of hydrogen-bond acceptors (Lipinski definition) is 4. The summed E-state index contributed by atoms with van der Waals surface area (Å²) in [4.78, 5) is 19.1. The molecule has 0 bridgehead atoms. The third-order valence-corrected chi connectivity index (χ3v) is 4.76. The van der Waals surface area contributed by atoms with Crippen LogP contribution in [-0.2, 0) is 11.2 Å². The van der Waals surface area contributed by atoms with Gasteiger partial charge >= 0.3 is 0 Å². The Morgan fingerprint density at radius 3 is 2.67 bits per heavy atom. The van der Waals surface area contributed by atoms with E-state index in [0.29, 0.717) is 13.0 Å². The van der Waals surface area contributed by atoms with Crippen LogP contribution >= 0.6 is 11.3 Å². The van der Waals surface area contributed by atoms with Crippen molar-refractivity contribution in [3.05, 3.63) is 58.8 Å². The van der Waals surface area contributed by atoms with Crippen LogP contribution in [0.4, 0.5) is 5.69 Å². The van der Waals surface area contributed by atoms with E-state index in [-0.39, 0.29) is 5.91 Å². The Morgan fingerprint density at radius 2 is 2.00 bits per heavy atom. The Morgan fingerprint density at radius 1 is 1.21 bits per heavy atom. The van der Waals surface area contributed by atoms with Crippen molar-refractivity contribution in [2.24, 2.45) is 0 Å². The number of anilines is 1. The van der Waals surface area contributed by atoms with Crippen LogP contribution in [0.3, 0.4) is 0 Å². The molecule has 3 aromatic rings. The molecule has 0 saturated carbocycles. The zero-order valence-corrected chi connectivity index (χ0v) is 14.9. The molecule has 0 saturated heterocycles. The number of benzene rings is 1. The maximum absolute atomic E-state index is 12.7. The summed E-state index contributed by atoms with van der Waals surface area (Å²) in [5.74, 6) is 1.66. The Bertz CT molecular complexity index is 850. The van der Waals surface area contributed by atoms with E-state index >= 15 is 0 Å². The van der Waals surface area contributed by atoms with Gasteiger partial charge in [0.05, 0.1) is 12.1 Å². The van der Waals surface area contributed by atoms with Gasteiger partial charge in [-0.3, -0.25) is 4.79 Å². The molecule has 1 aromatic carbocycles. The third-order valence-electron chi connectivity index (χ3n) is 3.86. The number of thiazole rings is 1. The second-order valence-corrected chi connectivity index (χ2v) is 6.51. The standard InChI is InChI=1S/C19H20N2O2S/c1-4-21(16-8-6-5-7-13(16)2)18(22)11-15-12-24-19(20-15)17-10-9-14(3)23-17/h5-10,12H,4,11H2,1-3H3. The monoisotopic (exact) mass is 340 g/mol. The quantitative estimate of drug-likeness (QED) is 0.681. The number of aryl methyl sites for hydroxylation is 2. The van der Waals surface area contributed by atoms with Gasteiger partial charge in [0, 0.05) is 17.6 Å². The van der Waals surface area contributed by atoms with Crippen LogP contribution in [-0.4, -0.2) is 17.4 Å². The Labute approximate surface area is 145 Å². The molecule has 2 heterocycles. The molecule has 1 amide bonds. The summed E-state index contributed by atoms with van der Waals surface area (Å²) in [6.07, 6.45) is 0.290. The number of carbonyl (C=O) groups is 1. The largest absolute Gasteiger partial charge is 0.459 e. The van der Waals surface area contributed by atoms with Gasteiger partial charge in [0.15, 0.2) is 10.8 Å². The topological polar surface area (TPSA) is 46.3 Å². The molecule has 5 heteroatoms. The number of furan rings is 1. The molecule has 124 valence electrons. The highest BCUT2D eigenvalue weighted by Gasteiger charge is 2.18. The van der Waals surface area contributed by atoms with E-state index in [1.54, 1.807) is 0 Å². The minimum absolute atomic E-state index is 0.0549. The van der Waals surface area contributed by atoms with Gasteiger partial charge in [0.1, 0.15) is 5.76 Å². The average Bonchev–Trinajstić information content (AvgIpc) is 3.19. The van der Waals surface area contributed by atoms with Gasteiger partial charge in [0.2, 0.25) is 5.91 Å². The van der Waals surface area contributed by atoms with Crippen LogP contribution in [0.5, 0.6) is 0 Å². The number of nitrogens with zero attached hydrogens (tertiary/aromatic N) is 2. The molecular weight excluding hydrogens is 320 g/mol. The molecule has 0 aliphatic heterocycles. The van der Waals surface area contributed by atoms with Gasteiger partial charge in [-0.2, -0.15) is 0 Å². The van der Waals surface area contributed by atoms with Gasteiger partial charge in [-0.15, -0.1) is 11.3 Å². The number of para-hydroxylation sites is 1. The average molecular weight is 340 g/mol. The van der Waals surface area contributed by atoms with Gasteiger partial charge < -0.3 is 9.32 Å². The van der Waals surface area contributed by atoms with E-state index in [0.717, 1.165) is 33.5 Å². The Kier molecular flexibility index (Phi) is 4.81. The number of carbonyl (C=O) groups excluding carboxylic acids is 1. The Balaban J connectivity index is 1.77. The first kappa shape index (κ1) is 16.5. The normalized spacial score (nSPS) is 10.8. The smallest absolute Gasteiger partial charge is 0.233 e. The summed E-state index contributed by atoms with van der Waals surface area (Å²) in [6.45, 7) is 6.55. The minimum atomic E-state index is 0.0549. The first-order chi connectivity index (χ1) is 11.6. The highest BCUT2D eigenvalue weighted by atomic mass is 32.1. The molecule has 24 heavy (non-hydrogen) atoms. The van der Waals surface area contributed by atoms with Crippen LogP contribution < -0.4 is 4.90 Å². The fourth-order valence-corrected chi connectivity index (χ4v) is 3.43. The van der Waals surface area contributed by atoms with Crippen LogP contribution in [0, 0.1) is 13.8 Å². The van der Waals surface area contributed by atoms with Crippen LogP contribution in [0.1, 0.15) is 23.9 Å². The molecule has 3 rings (SSSR count). The van der Waals surface area contributed by atoms with E-state index in [1.165, 1.54) is 11.3 Å². The molecular formula is C19H20N2O2S. The maximum atomic E-state index is 12.7. The van der Waals surface area contributed by atoms with Crippen LogP contribution in [0.15, 0.2) is 46.2 Å². The number of aromatic nitrogens is 1. The van der Waals surface area contributed by atoms with Crippen molar-refractivity contribution >= 4 is 22.9 Å². The molecule has 0 aliphatic rings. The number of rotatable bonds is 5. The van der Waals surface area contributed by atoms with Crippen molar-refractivity contribution in [1.29, 1.82) is 0 Å². The lowest BCUT2D eigenvalue weighted by Crippen LogP contribution is -2.32. The predicted octanol–water partition coefficient (Wildman–Crippen LogP) is 4.62.